The minimum atomic E-state index is 0.0231. The number of ether oxygens (including phenoxy) is 2. The first-order valence-corrected chi connectivity index (χ1v) is 6.19. The zero-order valence-electron chi connectivity index (χ0n) is 10.9. The van der Waals surface area contributed by atoms with E-state index < -0.39 is 0 Å². The first-order chi connectivity index (χ1) is 9.08. The van der Waals surface area contributed by atoms with Crippen LogP contribution >= 0.6 is 11.6 Å². The molecule has 0 radical (unpaired) electrons. The summed E-state index contributed by atoms with van der Waals surface area (Å²) >= 11 is 5.80. The van der Waals surface area contributed by atoms with Gasteiger partial charge in [0, 0.05) is 13.1 Å². The predicted molar refractivity (Wildman–Crippen MR) is 68.6 cm³/mol. The van der Waals surface area contributed by atoms with Crippen molar-refractivity contribution >= 4 is 11.6 Å². The summed E-state index contributed by atoms with van der Waals surface area (Å²) in [6.45, 7) is 4.35. The van der Waals surface area contributed by atoms with E-state index in [2.05, 4.69) is 20.1 Å². The number of aromatic nitrogens is 5. The molecule has 102 valence electrons. The summed E-state index contributed by atoms with van der Waals surface area (Å²) in [7, 11) is 1.76. The Morgan fingerprint density at radius 2 is 2.00 bits per heavy atom. The number of rotatable bonds is 5. The smallest absolute Gasteiger partial charge is 0.330 e. The van der Waals surface area contributed by atoms with Crippen LogP contribution in [0, 0.1) is 6.92 Å². The normalized spacial score (nSPS) is 10.5. The highest BCUT2D eigenvalue weighted by Gasteiger charge is 2.11. The molecule has 2 heterocycles. The molecule has 19 heavy (non-hydrogen) atoms. The molecule has 0 amide bonds. The lowest BCUT2D eigenvalue weighted by atomic mass is 10.5. The molecule has 0 aromatic carbocycles. The SMILES string of the molecule is CCCOc1nc(Cl)nc(Oc2cc(C)nn2C)n1. The predicted octanol–water partition coefficient (Wildman–Crippen LogP) is 2.15. The average Bonchev–Trinajstić information content (AvgIpc) is 2.64. The van der Waals surface area contributed by atoms with Crippen LogP contribution in [-0.2, 0) is 7.05 Å². The minimum absolute atomic E-state index is 0.0231. The van der Waals surface area contributed by atoms with E-state index >= 15 is 0 Å². The van der Waals surface area contributed by atoms with E-state index in [1.165, 1.54) is 0 Å². The molecule has 0 aliphatic rings. The fraction of sp³-hybridized carbons (Fsp3) is 0.455. The van der Waals surface area contributed by atoms with Crippen molar-refractivity contribution in [2.24, 2.45) is 7.05 Å². The van der Waals surface area contributed by atoms with Gasteiger partial charge in [0.1, 0.15) is 0 Å². The maximum atomic E-state index is 5.80. The van der Waals surface area contributed by atoms with Crippen molar-refractivity contribution in [3.05, 3.63) is 17.0 Å². The highest BCUT2D eigenvalue weighted by atomic mass is 35.5. The summed E-state index contributed by atoms with van der Waals surface area (Å²) in [4.78, 5) is 11.8. The Morgan fingerprint density at radius 3 is 2.63 bits per heavy atom. The maximum absolute atomic E-state index is 5.80. The largest absolute Gasteiger partial charge is 0.463 e. The van der Waals surface area contributed by atoms with Crippen molar-refractivity contribution in [3.63, 3.8) is 0 Å². The molecule has 0 aliphatic heterocycles. The summed E-state index contributed by atoms with van der Waals surface area (Å²) in [6.07, 6.45) is 0.848. The Balaban J connectivity index is 2.20. The van der Waals surface area contributed by atoms with E-state index in [0.717, 1.165) is 12.1 Å². The molecule has 0 bridgehead atoms. The Labute approximate surface area is 115 Å². The topological polar surface area (TPSA) is 75.0 Å². The summed E-state index contributed by atoms with van der Waals surface area (Å²) in [5, 5.41) is 4.18. The van der Waals surface area contributed by atoms with Crippen LogP contribution in [0.2, 0.25) is 5.28 Å². The van der Waals surface area contributed by atoms with Crippen LogP contribution in [-0.4, -0.2) is 31.3 Å². The molecule has 0 saturated carbocycles. The molecule has 0 unspecified atom stereocenters. The van der Waals surface area contributed by atoms with Gasteiger partial charge in [0.05, 0.1) is 12.3 Å². The van der Waals surface area contributed by atoms with Gasteiger partial charge in [0.2, 0.25) is 11.2 Å². The van der Waals surface area contributed by atoms with Gasteiger partial charge in [-0.05, 0) is 24.9 Å². The van der Waals surface area contributed by atoms with E-state index in [-0.39, 0.29) is 17.3 Å². The molecule has 0 spiro atoms. The van der Waals surface area contributed by atoms with E-state index in [4.69, 9.17) is 21.1 Å². The van der Waals surface area contributed by atoms with Gasteiger partial charge in [-0.2, -0.15) is 15.1 Å². The second-order valence-electron chi connectivity index (χ2n) is 3.87. The van der Waals surface area contributed by atoms with Gasteiger partial charge in [-0.25, -0.2) is 4.68 Å². The van der Waals surface area contributed by atoms with Crippen molar-refractivity contribution in [2.45, 2.75) is 20.3 Å². The maximum Gasteiger partial charge on any atom is 0.330 e. The molecule has 0 fully saturated rings. The highest BCUT2D eigenvalue weighted by Crippen LogP contribution is 2.20. The van der Waals surface area contributed by atoms with Crippen LogP contribution in [0.4, 0.5) is 0 Å². The zero-order valence-corrected chi connectivity index (χ0v) is 11.7. The third-order valence-electron chi connectivity index (χ3n) is 2.16. The van der Waals surface area contributed by atoms with Crippen LogP contribution in [0.1, 0.15) is 19.0 Å². The number of nitrogens with zero attached hydrogens (tertiary/aromatic N) is 5. The van der Waals surface area contributed by atoms with Gasteiger partial charge < -0.3 is 9.47 Å². The van der Waals surface area contributed by atoms with Crippen LogP contribution in [0.5, 0.6) is 17.9 Å². The Hall–Kier alpha value is -1.89. The molecule has 2 aromatic heterocycles. The summed E-state index contributed by atoms with van der Waals surface area (Å²) in [6, 6.07) is 1.99. The lowest BCUT2D eigenvalue weighted by Gasteiger charge is -2.06. The first kappa shape index (κ1) is 13.5. The summed E-state index contributed by atoms with van der Waals surface area (Å²) in [5.74, 6) is 0.515. The summed E-state index contributed by atoms with van der Waals surface area (Å²) < 4.78 is 12.4. The molecular weight excluding hydrogens is 270 g/mol. The van der Waals surface area contributed by atoms with Gasteiger partial charge in [0.15, 0.2) is 0 Å². The van der Waals surface area contributed by atoms with Crippen LogP contribution in [0.15, 0.2) is 6.07 Å². The molecule has 0 saturated heterocycles. The number of halogens is 1. The monoisotopic (exact) mass is 283 g/mol. The molecule has 0 aliphatic carbocycles. The second kappa shape index (κ2) is 5.83. The van der Waals surface area contributed by atoms with Gasteiger partial charge >= 0.3 is 12.0 Å². The van der Waals surface area contributed by atoms with Crippen LogP contribution in [0.3, 0.4) is 0 Å². The number of hydrogen-bond acceptors (Lipinski definition) is 6. The first-order valence-electron chi connectivity index (χ1n) is 5.81. The highest BCUT2D eigenvalue weighted by molar-refractivity contribution is 6.28. The summed E-state index contributed by atoms with van der Waals surface area (Å²) in [5.41, 5.74) is 0.833. The van der Waals surface area contributed by atoms with E-state index in [1.807, 2.05) is 13.8 Å². The van der Waals surface area contributed by atoms with Crippen molar-refractivity contribution in [2.75, 3.05) is 6.61 Å². The van der Waals surface area contributed by atoms with Crippen LogP contribution < -0.4 is 9.47 Å². The zero-order chi connectivity index (χ0) is 13.8. The fourth-order valence-corrected chi connectivity index (χ4v) is 1.54. The Bertz CT molecular complexity index is 572. The average molecular weight is 284 g/mol. The molecule has 0 atom stereocenters. The van der Waals surface area contributed by atoms with Crippen molar-refractivity contribution in [1.29, 1.82) is 0 Å². The Morgan fingerprint density at radius 1 is 1.26 bits per heavy atom. The minimum Gasteiger partial charge on any atom is -0.463 e. The standard InChI is InChI=1S/C11H14ClN5O2/c1-4-5-18-10-13-9(12)14-11(15-10)19-8-6-7(2)16-17(8)3/h6H,4-5H2,1-3H3. The third kappa shape index (κ3) is 3.54. The molecule has 8 heteroatoms. The molecular formula is C11H14ClN5O2. The van der Waals surface area contributed by atoms with Crippen LogP contribution in [0.25, 0.3) is 0 Å². The molecule has 2 rings (SSSR count). The van der Waals surface area contributed by atoms with Crippen molar-refractivity contribution < 1.29 is 9.47 Å². The fourth-order valence-electron chi connectivity index (χ4n) is 1.39. The van der Waals surface area contributed by atoms with Gasteiger partial charge in [-0.15, -0.1) is 4.98 Å². The van der Waals surface area contributed by atoms with E-state index in [1.54, 1.807) is 17.8 Å². The van der Waals surface area contributed by atoms with Crippen molar-refractivity contribution in [3.8, 4) is 17.9 Å². The quantitative estimate of drug-likeness (QED) is 0.837. The van der Waals surface area contributed by atoms with E-state index in [9.17, 15) is 0 Å². The molecule has 7 nitrogen and oxygen atoms in total. The van der Waals surface area contributed by atoms with Gasteiger partial charge in [-0.1, -0.05) is 6.92 Å². The van der Waals surface area contributed by atoms with Crippen molar-refractivity contribution in [1.82, 2.24) is 24.7 Å². The Kier molecular flexibility index (Phi) is 4.16. The van der Waals surface area contributed by atoms with Gasteiger partial charge in [-0.3, -0.25) is 0 Å². The second-order valence-corrected chi connectivity index (χ2v) is 4.21. The van der Waals surface area contributed by atoms with E-state index in [0.29, 0.717) is 12.5 Å². The molecule has 2 aromatic rings. The third-order valence-corrected chi connectivity index (χ3v) is 2.33. The lowest BCUT2D eigenvalue weighted by Crippen LogP contribution is -2.04. The van der Waals surface area contributed by atoms with Gasteiger partial charge in [0.25, 0.3) is 0 Å². The lowest BCUT2D eigenvalue weighted by molar-refractivity contribution is 0.283. The number of hydrogen-bond donors (Lipinski definition) is 0. The molecule has 0 N–H and O–H groups in total. The number of aryl methyl sites for hydroxylation is 2.